The normalized spacial score (nSPS) is 10.3. The van der Waals surface area contributed by atoms with Crippen molar-refractivity contribution in [3.05, 3.63) is 48.9 Å². The number of nitrogens with one attached hydrogen (secondary N) is 2. The van der Waals surface area contributed by atoms with Crippen LogP contribution in [0.4, 0.5) is 0 Å². The molecule has 0 aliphatic carbocycles. The van der Waals surface area contributed by atoms with Crippen LogP contribution in [0, 0.1) is 6.92 Å². The van der Waals surface area contributed by atoms with Crippen molar-refractivity contribution >= 4 is 0 Å². The van der Waals surface area contributed by atoms with Gasteiger partial charge in [0, 0.05) is 12.1 Å². The van der Waals surface area contributed by atoms with Gasteiger partial charge in [-0.25, -0.2) is 0 Å². The minimum atomic E-state index is -0.520. The van der Waals surface area contributed by atoms with E-state index in [4.69, 9.17) is 0 Å². The van der Waals surface area contributed by atoms with Gasteiger partial charge in [-0.15, -0.1) is 10.2 Å². The summed E-state index contributed by atoms with van der Waals surface area (Å²) in [6, 6.07) is 2.15. The van der Waals surface area contributed by atoms with Crippen LogP contribution in [0.2, 0.25) is 0 Å². The first kappa shape index (κ1) is 10.0. The van der Waals surface area contributed by atoms with Crippen molar-refractivity contribution in [1.82, 2.24) is 25.0 Å². The molecule has 0 aromatic carbocycles. The van der Waals surface area contributed by atoms with Crippen molar-refractivity contribution in [2.75, 3.05) is 0 Å². The summed E-state index contributed by atoms with van der Waals surface area (Å²) in [5, 5.41) is 9.36. The Labute approximate surface area is 87.6 Å². The second kappa shape index (κ2) is 3.57. The molecule has 8 heteroatoms. The van der Waals surface area contributed by atoms with Gasteiger partial charge in [0.2, 0.25) is 0 Å². The Morgan fingerprint density at radius 1 is 1.19 bits per heavy atom. The van der Waals surface area contributed by atoms with Crippen LogP contribution in [0.15, 0.2) is 26.5 Å². The molecule has 0 atom stereocenters. The van der Waals surface area contributed by atoms with Crippen LogP contribution in [0.1, 0.15) is 5.69 Å². The molecule has 0 radical (unpaired) electrons. The average molecular weight is 221 g/mol. The van der Waals surface area contributed by atoms with Gasteiger partial charge in [-0.1, -0.05) is 0 Å². The maximum absolute atomic E-state index is 11.4. The van der Waals surface area contributed by atoms with Crippen LogP contribution in [0.3, 0.4) is 0 Å². The molecule has 0 spiro atoms. The van der Waals surface area contributed by atoms with E-state index in [0.717, 1.165) is 16.8 Å². The number of aryl methyl sites for hydroxylation is 1. The minimum absolute atomic E-state index is 0.127. The number of hydrogen-bond donors (Lipinski definition) is 2. The van der Waals surface area contributed by atoms with E-state index in [2.05, 4.69) is 20.3 Å². The summed E-state index contributed by atoms with van der Waals surface area (Å²) in [6.45, 7) is 1.48. The quantitative estimate of drug-likeness (QED) is 0.596. The van der Waals surface area contributed by atoms with Gasteiger partial charge in [-0.05, 0) is 6.92 Å². The van der Waals surface area contributed by atoms with E-state index in [1.165, 1.54) is 6.92 Å². The molecule has 2 N–H and O–H groups in total. The first-order valence-electron chi connectivity index (χ1n) is 4.34. The lowest BCUT2D eigenvalue weighted by atomic mass is 10.5. The van der Waals surface area contributed by atoms with E-state index in [0.29, 0.717) is 0 Å². The summed E-state index contributed by atoms with van der Waals surface area (Å²) >= 11 is 0. The Morgan fingerprint density at radius 3 is 2.62 bits per heavy atom. The Morgan fingerprint density at radius 2 is 1.94 bits per heavy atom. The largest absolute Gasteiger partial charge is 0.288 e. The lowest BCUT2D eigenvalue weighted by Gasteiger charge is -2.01. The van der Waals surface area contributed by atoms with Crippen LogP contribution >= 0.6 is 0 Å². The number of aromatic amines is 2. The van der Waals surface area contributed by atoms with Crippen LogP contribution in [0.5, 0.6) is 0 Å². The predicted molar refractivity (Wildman–Crippen MR) is 53.6 cm³/mol. The molecule has 0 aliphatic heterocycles. The number of H-pyrrole nitrogens is 2. The predicted octanol–water partition coefficient (Wildman–Crippen LogP) is -1.69. The summed E-state index contributed by atoms with van der Waals surface area (Å²) in [4.78, 5) is 36.0. The van der Waals surface area contributed by atoms with Crippen molar-refractivity contribution in [3.8, 4) is 5.95 Å². The van der Waals surface area contributed by atoms with Crippen molar-refractivity contribution in [2.24, 2.45) is 0 Å². The van der Waals surface area contributed by atoms with E-state index in [1.807, 2.05) is 0 Å². The summed E-state index contributed by atoms with van der Waals surface area (Å²) in [5.41, 5.74) is -1.30. The highest BCUT2D eigenvalue weighted by Gasteiger charge is 2.04. The highest BCUT2D eigenvalue weighted by atomic mass is 16.2. The first-order valence-corrected chi connectivity index (χ1v) is 4.34. The van der Waals surface area contributed by atoms with Crippen molar-refractivity contribution in [2.45, 2.75) is 6.92 Å². The molecule has 0 saturated heterocycles. The van der Waals surface area contributed by atoms with Gasteiger partial charge in [-0.3, -0.25) is 24.5 Å². The van der Waals surface area contributed by atoms with Crippen LogP contribution in [-0.4, -0.2) is 25.0 Å². The average Bonchev–Trinajstić information content (AvgIpc) is 2.26. The number of rotatable bonds is 1. The molecule has 0 unspecified atom stereocenters. The second-order valence-corrected chi connectivity index (χ2v) is 3.05. The summed E-state index contributed by atoms with van der Waals surface area (Å²) in [7, 11) is 0. The number of aromatic nitrogens is 5. The van der Waals surface area contributed by atoms with Gasteiger partial charge >= 0.3 is 0 Å². The highest BCUT2D eigenvalue weighted by molar-refractivity contribution is 5.07. The van der Waals surface area contributed by atoms with Gasteiger partial charge in [-0.2, -0.15) is 4.68 Å². The van der Waals surface area contributed by atoms with E-state index >= 15 is 0 Å². The van der Waals surface area contributed by atoms with Crippen LogP contribution in [-0.2, 0) is 0 Å². The lowest BCUT2D eigenvalue weighted by Crippen LogP contribution is -2.30. The number of hydrogen-bond acceptors (Lipinski definition) is 5. The minimum Gasteiger partial charge on any atom is -0.288 e. The Bertz CT molecular complexity index is 696. The Kier molecular flexibility index (Phi) is 2.24. The fraction of sp³-hybridized carbons (Fsp3) is 0.125. The van der Waals surface area contributed by atoms with Gasteiger partial charge in [0.1, 0.15) is 5.69 Å². The SMILES string of the molecule is Cc1nnc(-n2[nH]c(=O)ccc2=O)[nH]c1=O. The molecule has 16 heavy (non-hydrogen) atoms. The zero-order chi connectivity index (χ0) is 11.7. The smallest absolute Gasteiger partial charge is 0.274 e. The maximum Gasteiger partial charge on any atom is 0.274 e. The van der Waals surface area contributed by atoms with E-state index in [1.54, 1.807) is 0 Å². The van der Waals surface area contributed by atoms with E-state index in [9.17, 15) is 14.4 Å². The zero-order valence-electron chi connectivity index (χ0n) is 8.22. The first-order chi connectivity index (χ1) is 7.58. The zero-order valence-corrected chi connectivity index (χ0v) is 8.22. The summed E-state index contributed by atoms with van der Waals surface area (Å²) < 4.78 is 0.816. The lowest BCUT2D eigenvalue weighted by molar-refractivity contribution is 0.702. The molecule has 2 rings (SSSR count). The molecule has 82 valence electrons. The third-order valence-corrected chi connectivity index (χ3v) is 1.88. The van der Waals surface area contributed by atoms with E-state index in [-0.39, 0.29) is 11.6 Å². The van der Waals surface area contributed by atoms with Gasteiger partial charge in [0.05, 0.1) is 0 Å². The van der Waals surface area contributed by atoms with E-state index < -0.39 is 16.7 Å². The summed E-state index contributed by atoms with van der Waals surface area (Å²) in [5.74, 6) is -0.127. The third-order valence-electron chi connectivity index (χ3n) is 1.88. The summed E-state index contributed by atoms with van der Waals surface area (Å²) in [6.07, 6.45) is 0. The van der Waals surface area contributed by atoms with Gasteiger partial charge in [0.15, 0.2) is 0 Å². The highest BCUT2D eigenvalue weighted by Crippen LogP contribution is 1.85. The molecule has 0 saturated carbocycles. The molecule has 2 aromatic rings. The van der Waals surface area contributed by atoms with Crippen LogP contribution < -0.4 is 16.7 Å². The molecule has 8 nitrogen and oxygen atoms in total. The molecule has 0 bridgehead atoms. The van der Waals surface area contributed by atoms with Crippen LogP contribution in [0.25, 0.3) is 5.95 Å². The molecular formula is C8H7N5O3. The topological polar surface area (TPSA) is 114 Å². The molecule has 0 fully saturated rings. The fourth-order valence-corrected chi connectivity index (χ4v) is 1.07. The Balaban J connectivity index is 2.72. The standard InChI is InChI=1S/C8H7N5O3/c1-4-7(16)9-8(11-10-4)13-6(15)3-2-5(14)12-13/h2-3H,1H3,(H,12,14)(H,9,11,16). The number of nitrogens with zero attached hydrogens (tertiary/aromatic N) is 3. The van der Waals surface area contributed by atoms with Gasteiger partial charge in [0.25, 0.3) is 22.6 Å². The maximum atomic E-state index is 11.4. The van der Waals surface area contributed by atoms with Crippen molar-refractivity contribution in [1.29, 1.82) is 0 Å². The molecule has 0 amide bonds. The molecular weight excluding hydrogens is 214 g/mol. The Hall–Kier alpha value is -2.51. The molecule has 2 aromatic heterocycles. The molecule has 0 aliphatic rings. The monoisotopic (exact) mass is 221 g/mol. The van der Waals surface area contributed by atoms with Crippen molar-refractivity contribution < 1.29 is 0 Å². The fourth-order valence-electron chi connectivity index (χ4n) is 1.07. The second-order valence-electron chi connectivity index (χ2n) is 3.05. The third kappa shape index (κ3) is 1.67. The van der Waals surface area contributed by atoms with Gasteiger partial charge < -0.3 is 0 Å². The van der Waals surface area contributed by atoms with Crippen molar-refractivity contribution in [3.63, 3.8) is 0 Å². The molecule has 2 heterocycles.